The first-order chi connectivity index (χ1) is 19.4. The zero-order chi connectivity index (χ0) is 30.2. The van der Waals surface area contributed by atoms with Crippen LogP contribution in [0.5, 0.6) is 5.75 Å². The number of ether oxygens (including phenoxy) is 1. The molecule has 0 saturated carbocycles. The number of sulfonamides is 1. The van der Waals surface area contributed by atoms with Crippen molar-refractivity contribution in [2.45, 2.75) is 59.0 Å². The van der Waals surface area contributed by atoms with E-state index in [0.29, 0.717) is 24.6 Å². The van der Waals surface area contributed by atoms with E-state index < -0.39 is 28.5 Å². The average molecular weight is 580 g/mol. The van der Waals surface area contributed by atoms with Crippen LogP contribution < -0.4 is 14.4 Å². The summed E-state index contributed by atoms with van der Waals surface area (Å²) in [5, 5.41) is 2.90. The summed E-state index contributed by atoms with van der Waals surface area (Å²) in [6.45, 7) is 12.0. The van der Waals surface area contributed by atoms with Crippen LogP contribution in [0.1, 0.15) is 44.4 Å². The Morgan fingerprint density at radius 1 is 0.902 bits per heavy atom. The van der Waals surface area contributed by atoms with Crippen molar-refractivity contribution in [2.24, 2.45) is 5.92 Å². The highest BCUT2D eigenvalue weighted by Crippen LogP contribution is 2.26. The summed E-state index contributed by atoms with van der Waals surface area (Å²) >= 11 is 0. The average Bonchev–Trinajstić information content (AvgIpc) is 2.94. The topological polar surface area (TPSA) is 96.0 Å². The van der Waals surface area contributed by atoms with Crippen LogP contribution in [0, 0.1) is 19.8 Å². The summed E-state index contributed by atoms with van der Waals surface area (Å²) in [5.74, 6) is 0.00286. The molecule has 220 valence electrons. The fourth-order valence-electron chi connectivity index (χ4n) is 4.28. The molecule has 0 unspecified atom stereocenters. The number of hydrogen-bond acceptors (Lipinski definition) is 5. The molecule has 41 heavy (non-hydrogen) atoms. The van der Waals surface area contributed by atoms with E-state index in [1.54, 1.807) is 43.3 Å². The molecule has 0 aliphatic rings. The Labute approximate surface area is 244 Å². The van der Waals surface area contributed by atoms with Crippen molar-refractivity contribution in [3.05, 3.63) is 89.5 Å². The second-order valence-corrected chi connectivity index (χ2v) is 12.4. The molecule has 0 heterocycles. The third-order valence-electron chi connectivity index (χ3n) is 6.61. The molecule has 9 heteroatoms. The Balaban J connectivity index is 2.00. The van der Waals surface area contributed by atoms with Gasteiger partial charge in [-0.3, -0.25) is 13.9 Å². The molecule has 1 atom stereocenters. The fraction of sp³-hybridized carbons (Fsp3) is 0.375. The van der Waals surface area contributed by atoms with Crippen molar-refractivity contribution in [3.8, 4) is 5.75 Å². The lowest BCUT2D eigenvalue weighted by molar-refractivity contribution is -0.139. The van der Waals surface area contributed by atoms with Crippen LogP contribution in [-0.4, -0.2) is 50.9 Å². The van der Waals surface area contributed by atoms with E-state index in [0.717, 1.165) is 21.0 Å². The number of nitrogens with zero attached hydrogens (tertiary/aromatic N) is 2. The largest absolute Gasteiger partial charge is 0.494 e. The van der Waals surface area contributed by atoms with Crippen molar-refractivity contribution in [3.63, 3.8) is 0 Å². The van der Waals surface area contributed by atoms with Crippen molar-refractivity contribution in [1.82, 2.24) is 10.2 Å². The minimum absolute atomic E-state index is 0.0299. The van der Waals surface area contributed by atoms with Gasteiger partial charge in [0.25, 0.3) is 10.0 Å². The molecule has 0 radical (unpaired) electrons. The number of nitrogens with one attached hydrogen (secondary N) is 1. The van der Waals surface area contributed by atoms with Gasteiger partial charge < -0.3 is 15.0 Å². The van der Waals surface area contributed by atoms with Gasteiger partial charge in [0.2, 0.25) is 11.8 Å². The van der Waals surface area contributed by atoms with Crippen LogP contribution in [0.15, 0.2) is 77.7 Å². The van der Waals surface area contributed by atoms with Gasteiger partial charge in [0, 0.05) is 13.1 Å². The highest BCUT2D eigenvalue weighted by Gasteiger charge is 2.32. The lowest BCUT2D eigenvalue weighted by Gasteiger charge is -2.32. The number of hydrogen-bond donors (Lipinski definition) is 1. The Morgan fingerprint density at radius 2 is 1.56 bits per heavy atom. The first-order valence-corrected chi connectivity index (χ1v) is 15.3. The number of amides is 2. The summed E-state index contributed by atoms with van der Waals surface area (Å²) < 4.78 is 34.5. The van der Waals surface area contributed by atoms with Crippen molar-refractivity contribution in [1.29, 1.82) is 0 Å². The van der Waals surface area contributed by atoms with E-state index in [-0.39, 0.29) is 23.3 Å². The van der Waals surface area contributed by atoms with Crippen LogP contribution in [0.2, 0.25) is 0 Å². The SMILES string of the molecule is CCOc1ccc(S(=O)(=O)N(CC(=O)N(Cc2cccc(C)c2)[C@@H](C)C(=O)NCC(C)C)c2ccc(C)cc2)cc1. The maximum absolute atomic E-state index is 14.0. The minimum Gasteiger partial charge on any atom is -0.494 e. The monoisotopic (exact) mass is 579 g/mol. The molecule has 3 aromatic rings. The number of aryl methyl sites for hydroxylation is 2. The first kappa shape index (κ1) is 31.7. The molecule has 0 aliphatic carbocycles. The predicted octanol–water partition coefficient (Wildman–Crippen LogP) is 5.09. The summed E-state index contributed by atoms with van der Waals surface area (Å²) in [7, 11) is -4.14. The van der Waals surface area contributed by atoms with Crippen LogP contribution in [-0.2, 0) is 26.2 Å². The van der Waals surface area contributed by atoms with Crippen LogP contribution in [0.4, 0.5) is 5.69 Å². The molecule has 0 aliphatic heterocycles. The molecule has 8 nitrogen and oxygen atoms in total. The number of benzene rings is 3. The van der Waals surface area contributed by atoms with Gasteiger partial charge in [0.05, 0.1) is 17.2 Å². The van der Waals surface area contributed by atoms with Crippen LogP contribution >= 0.6 is 0 Å². The predicted molar refractivity (Wildman–Crippen MR) is 162 cm³/mol. The molecule has 0 bridgehead atoms. The van der Waals surface area contributed by atoms with Crippen LogP contribution in [0.3, 0.4) is 0 Å². The third kappa shape index (κ3) is 8.57. The summed E-state index contributed by atoms with van der Waals surface area (Å²) in [6, 6.07) is 20.0. The molecule has 2 amide bonds. The van der Waals surface area contributed by atoms with E-state index >= 15 is 0 Å². The molecule has 3 rings (SSSR count). The highest BCUT2D eigenvalue weighted by molar-refractivity contribution is 7.92. The number of carbonyl (C=O) groups is 2. The Morgan fingerprint density at radius 3 is 2.15 bits per heavy atom. The fourth-order valence-corrected chi connectivity index (χ4v) is 5.70. The second kappa shape index (κ2) is 14.2. The van der Waals surface area contributed by atoms with Crippen molar-refractivity contribution < 1.29 is 22.7 Å². The molecule has 3 aromatic carbocycles. The molecular formula is C32H41N3O5S. The van der Waals surface area contributed by atoms with Gasteiger partial charge in [-0.25, -0.2) is 8.42 Å². The van der Waals surface area contributed by atoms with E-state index in [4.69, 9.17) is 4.74 Å². The van der Waals surface area contributed by atoms with E-state index in [1.807, 2.05) is 58.9 Å². The normalized spacial score (nSPS) is 12.1. The van der Waals surface area contributed by atoms with Gasteiger partial charge in [-0.1, -0.05) is 61.4 Å². The minimum atomic E-state index is -4.14. The van der Waals surface area contributed by atoms with Crippen molar-refractivity contribution in [2.75, 3.05) is 24.0 Å². The number of carbonyl (C=O) groups excluding carboxylic acids is 2. The summed E-state index contributed by atoms with van der Waals surface area (Å²) in [4.78, 5) is 28.6. The van der Waals surface area contributed by atoms with Gasteiger partial charge in [0.1, 0.15) is 18.3 Å². The van der Waals surface area contributed by atoms with Gasteiger partial charge >= 0.3 is 0 Å². The summed E-state index contributed by atoms with van der Waals surface area (Å²) in [5.41, 5.74) is 3.17. The Kier molecular flexibility index (Phi) is 10.9. The standard InChI is InChI=1S/C32H41N3O5S/c1-7-40-29-15-17-30(18-16-29)41(38,39)35(28-13-11-24(4)12-14-28)22-31(36)34(21-27-10-8-9-25(5)19-27)26(6)32(37)33-20-23(2)3/h8-19,23,26H,7,20-22H2,1-6H3,(H,33,37)/t26-/m0/s1. The lowest BCUT2D eigenvalue weighted by Crippen LogP contribution is -2.51. The van der Waals surface area contributed by atoms with Crippen LogP contribution in [0.25, 0.3) is 0 Å². The number of anilines is 1. The van der Waals surface area contributed by atoms with Crippen molar-refractivity contribution >= 4 is 27.5 Å². The molecule has 0 spiro atoms. The Hall–Kier alpha value is -3.85. The molecule has 0 saturated heterocycles. The lowest BCUT2D eigenvalue weighted by atomic mass is 10.1. The van der Waals surface area contributed by atoms with Gasteiger partial charge in [-0.2, -0.15) is 0 Å². The van der Waals surface area contributed by atoms with E-state index in [1.165, 1.54) is 17.0 Å². The molecular weight excluding hydrogens is 538 g/mol. The van der Waals surface area contributed by atoms with Gasteiger partial charge in [-0.15, -0.1) is 0 Å². The zero-order valence-corrected chi connectivity index (χ0v) is 25.6. The smallest absolute Gasteiger partial charge is 0.264 e. The third-order valence-corrected chi connectivity index (χ3v) is 8.40. The zero-order valence-electron chi connectivity index (χ0n) is 24.8. The van der Waals surface area contributed by atoms with Gasteiger partial charge in [0.15, 0.2) is 0 Å². The molecule has 0 fully saturated rings. The maximum Gasteiger partial charge on any atom is 0.264 e. The van der Waals surface area contributed by atoms with Gasteiger partial charge in [-0.05, 0) is 75.6 Å². The first-order valence-electron chi connectivity index (χ1n) is 13.9. The molecule has 1 N–H and O–H groups in total. The molecule has 0 aromatic heterocycles. The van der Waals surface area contributed by atoms with E-state index in [9.17, 15) is 18.0 Å². The number of rotatable bonds is 13. The maximum atomic E-state index is 14.0. The Bertz CT molecular complexity index is 1420. The quantitative estimate of drug-likeness (QED) is 0.305. The second-order valence-electron chi connectivity index (χ2n) is 10.6. The summed E-state index contributed by atoms with van der Waals surface area (Å²) in [6.07, 6.45) is 0. The van der Waals surface area contributed by atoms with E-state index in [2.05, 4.69) is 5.32 Å². The highest BCUT2D eigenvalue weighted by atomic mass is 32.2.